The normalized spacial score (nSPS) is 27.3. The molecule has 0 aromatic rings. The standard InChI is InChI=1S/C25H52NO12P/c1-3-4-5-6-7-8-9-10-11-12-13-18(29)15-20(30)26-22-24(37-21(31)14-17(2)28)23(32)19(16-27)36-25(22)38-39(33,34)35/h17-32H,3-16H2,1-2H3,(H2,33,34,35)/t17-,18-,19-,20+,21-,22-,23-,24-,25-/m1/s1. The van der Waals surface area contributed by atoms with Crippen LogP contribution in [0.15, 0.2) is 0 Å². The molecule has 0 radical (unpaired) electrons. The summed E-state index contributed by atoms with van der Waals surface area (Å²) in [5, 5.41) is 63.5. The van der Waals surface area contributed by atoms with Crippen molar-refractivity contribution in [2.75, 3.05) is 6.61 Å². The fourth-order valence-corrected chi connectivity index (χ4v) is 5.15. The van der Waals surface area contributed by atoms with Gasteiger partial charge in [0, 0.05) is 12.8 Å². The second-order valence-corrected chi connectivity index (χ2v) is 11.7. The number of phosphoric acid groups is 1. The summed E-state index contributed by atoms with van der Waals surface area (Å²) in [6, 6.07) is -1.43. The van der Waals surface area contributed by atoms with E-state index in [4.69, 9.17) is 9.47 Å². The van der Waals surface area contributed by atoms with Crippen LogP contribution in [0.5, 0.6) is 0 Å². The summed E-state index contributed by atoms with van der Waals surface area (Å²) in [5.41, 5.74) is 0. The van der Waals surface area contributed by atoms with Crippen molar-refractivity contribution >= 4 is 7.82 Å². The highest BCUT2D eigenvalue weighted by atomic mass is 31.2. The number of nitrogens with one attached hydrogen (secondary N) is 1. The van der Waals surface area contributed by atoms with Gasteiger partial charge in [-0.15, -0.1) is 0 Å². The van der Waals surface area contributed by atoms with Crippen LogP contribution in [0.25, 0.3) is 0 Å². The Kier molecular flexibility index (Phi) is 18.7. The summed E-state index contributed by atoms with van der Waals surface area (Å²) in [6.45, 7) is 2.83. The molecule has 14 heteroatoms. The van der Waals surface area contributed by atoms with Crippen molar-refractivity contribution in [2.45, 2.75) is 153 Å². The van der Waals surface area contributed by atoms with Crippen LogP contribution in [-0.2, 0) is 18.6 Å². The monoisotopic (exact) mass is 589 g/mol. The van der Waals surface area contributed by atoms with E-state index in [-0.39, 0.29) is 12.8 Å². The minimum atomic E-state index is -5.13. The van der Waals surface area contributed by atoms with Gasteiger partial charge in [0.2, 0.25) is 0 Å². The number of aliphatic hydroxyl groups is 6. The smallest absolute Gasteiger partial charge is 0.394 e. The van der Waals surface area contributed by atoms with Crippen LogP contribution < -0.4 is 5.32 Å². The highest BCUT2D eigenvalue weighted by molar-refractivity contribution is 7.46. The van der Waals surface area contributed by atoms with Crippen LogP contribution in [0.3, 0.4) is 0 Å². The van der Waals surface area contributed by atoms with Gasteiger partial charge in [-0.05, 0) is 13.3 Å². The van der Waals surface area contributed by atoms with Crippen LogP contribution >= 0.6 is 7.82 Å². The van der Waals surface area contributed by atoms with Gasteiger partial charge in [0.05, 0.1) is 24.9 Å². The zero-order valence-corrected chi connectivity index (χ0v) is 24.1. The Bertz CT molecular complexity index is 669. The minimum Gasteiger partial charge on any atom is -0.394 e. The van der Waals surface area contributed by atoms with Crippen LogP contribution in [-0.4, -0.2) is 102 Å². The van der Waals surface area contributed by atoms with E-state index in [0.29, 0.717) is 6.42 Å². The van der Waals surface area contributed by atoms with E-state index in [1.54, 1.807) is 0 Å². The van der Waals surface area contributed by atoms with Gasteiger partial charge < -0.3 is 49.9 Å². The van der Waals surface area contributed by atoms with E-state index >= 15 is 0 Å². The molecule has 1 aliphatic heterocycles. The molecule has 0 aliphatic carbocycles. The van der Waals surface area contributed by atoms with E-state index in [0.717, 1.165) is 25.7 Å². The van der Waals surface area contributed by atoms with Crippen molar-refractivity contribution in [1.82, 2.24) is 5.32 Å². The summed E-state index contributed by atoms with van der Waals surface area (Å²) < 4.78 is 27.0. The van der Waals surface area contributed by atoms with Gasteiger partial charge in [0.1, 0.15) is 24.5 Å². The molecule has 1 fully saturated rings. The summed E-state index contributed by atoms with van der Waals surface area (Å²) in [6.07, 6.45) is 0.401. The predicted molar refractivity (Wildman–Crippen MR) is 142 cm³/mol. The maximum absolute atomic E-state index is 11.5. The Hall–Kier alpha value is -0.250. The highest BCUT2D eigenvalue weighted by Gasteiger charge is 2.49. The van der Waals surface area contributed by atoms with E-state index < -0.39 is 69.8 Å². The zero-order chi connectivity index (χ0) is 29.4. The van der Waals surface area contributed by atoms with E-state index in [1.165, 1.54) is 45.4 Å². The maximum Gasteiger partial charge on any atom is 0.471 e. The Morgan fingerprint density at radius 3 is 2.00 bits per heavy atom. The highest BCUT2D eigenvalue weighted by Crippen LogP contribution is 2.41. The van der Waals surface area contributed by atoms with E-state index in [9.17, 15) is 45.0 Å². The van der Waals surface area contributed by atoms with Crippen LogP contribution in [0.2, 0.25) is 0 Å². The van der Waals surface area contributed by atoms with Crippen molar-refractivity contribution in [3.8, 4) is 0 Å². The summed E-state index contributed by atoms with van der Waals surface area (Å²) in [7, 11) is -5.13. The molecule has 0 aromatic heterocycles. The molecule has 1 rings (SSSR count). The van der Waals surface area contributed by atoms with Gasteiger partial charge in [-0.25, -0.2) is 4.57 Å². The van der Waals surface area contributed by atoms with Crippen LogP contribution in [0.4, 0.5) is 0 Å². The Morgan fingerprint density at radius 1 is 0.923 bits per heavy atom. The van der Waals surface area contributed by atoms with Crippen molar-refractivity contribution in [3.05, 3.63) is 0 Å². The molecule has 0 aromatic carbocycles. The largest absolute Gasteiger partial charge is 0.471 e. The third kappa shape index (κ3) is 16.1. The molecule has 0 bridgehead atoms. The molecule has 0 unspecified atom stereocenters. The third-order valence-corrected chi connectivity index (χ3v) is 7.21. The van der Waals surface area contributed by atoms with Gasteiger partial charge in [-0.1, -0.05) is 71.1 Å². The molecular weight excluding hydrogens is 537 g/mol. The number of aliphatic hydroxyl groups excluding tert-OH is 6. The Labute approximate surface area is 231 Å². The molecule has 9 N–H and O–H groups in total. The number of ether oxygens (including phenoxy) is 2. The lowest BCUT2D eigenvalue weighted by atomic mass is 9.96. The van der Waals surface area contributed by atoms with Crippen molar-refractivity contribution in [3.63, 3.8) is 0 Å². The topological polar surface area (TPSA) is 219 Å². The van der Waals surface area contributed by atoms with Gasteiger partial charge in [0.25, 0.3) is 0 Å². The minimum absolute atomic E-state index is 0.140. The Balaban J connectivity index is 2.67. The molecule has 1 aliphatic rings. The van der Waals surface area contributed by atoms with Crippen molar-refractivity contribution in [2.24, 2.45) is 0 Å². The summed E-state index contributed by atoms with van der Waals surface area (Å²) in [4.78, 5) is 18.7. The SMILES string of the molecule is CCCCCCCCCCCC[C@@H](O)C[C@H](O)N[C@H]1[C@@H](OP(=O)(O)O)O[C@H](CO)[C@@H](O)[C@@H]1O[C@@H](O)C[C@@H](C)O. The second-order valence-electron chi connectivity index (χ2n) is 10.5. The average Bonchev–Trinajstić information content (AvgIpc) is 2.82. The fourth-order valence-electron chi connectivity index (χ4n) is 4.69. The number of unbranched alkanes of at least 4 members (excludes halogenated alkanes) is 9. The first-order valence-corrected chi connectivity index (χ1v) is 15.7. The average molecular weight is 590 g/mol. The first kappa shape index (κ1) is 36.8. The zero-order valence-electron chi connectivity index (χ0n) is 23.3. The Morgan fingerprint density at radius 2 is 1.49 bits per heavy atom. The van der Waals surface area contributed by atoms with Gasteiger partial charge in [-0.3, -0.25) is 9.84 Å². The molecule has 1 heterocycles. The molecular formula is C25H52NO12P. The molecule has 39 heavy (non-hydrogen) atoms. The van der Waals surface area contributed by atoms with Gasteiger partial charge in [-0.2, -0.15) is 0 Å². The van der Waals surface area contributed by atoms with Crippen molar-refractivity contribution < 1.29 is 59.0 Å². The lowest BCUT2D eigenvalue weighted by Crippen LogP contribution is -2.66. The predicted octanol–water partition coefficient (Wildman–Crippen LogP) is 0.987. The molecule has 13 nitrogen and oxygen atoms in total. The molecule has 0 saturated carbocycles. The third-order valence-electron chi connectivity index (χ3n) is 6.72. The lowest BCUT2D eigenvalue weighted by molar-refractivity contribution is -0.286. The van der Waals surface area contributed by atoms with Crippen LogP contribution in [0.1, 0.15) is 97.3 Å². The number of rotatable bonds is 22. The van der Waals surface area contributed by atoms with Gasteiger partial charge >= 0.3 is 7.82 Å². The van der Waals surface area contributed by atoms with Gasteiger partial charge in [0.15, 0.2) is 12.6 Å². The van der Waals surface area contributed by atoms with Crippen LogP contribution in [0, 0.1) is 0 Å². The van der Waals surface area contributed by atoms with Crippen molar-refractivity contribution in [1.29, 1.82) is 0 Å². The number of hydrogen-bond donors (Lipinski definition) is 9. The lowest BCUT2D eigenvalue weighted by Gasteiger charge is -2.45. The molecule has 1 saturated heterocycles. The first-order chi connectivity index (χ1) is 18.4. The van der Waals surface area contributed by atoms with E-state index in [2.05, 4.69) is 16.8 Å². The molecule has 0 spiro atoms. The maximum atomic E-state index is 11.5. The van der Waals surface area contributed by atoms with E-state index in [1.807, 2.05) is 0 Å². The molecule has 0 amide bonds. The second kappa shape index (κ2) is 19.8. The molecule has 234 valence electrons. The number of hydrogen-bond acceptors (Lipinski definition) is 11. The fraction of sp³-hybridized carbons (Fsp3) is 1.00. The quantitative estimate of drug-likeness (QED) is 0.0489. The summed E-state index contributed by atoms with van der Waals surface area (Å²) >= 11 is 0. The summed E-state index contributed by atoms with van der Waals surface area (Å²) in [5.74, 6) is 0. The molecule has 9 atom stereocenters. The number of phosphoric ester groups is 1. The first-order valence-electron chi connectivity index (χ1n) is 14.2.